The lowest BCUT2D eigenvalue weighted by Gasteiger charge is -2.16. The van der Waals surface area contributed by atoms with Crippen molar-refractivity contribution in [1.29, 1.82) is 0 Å². The number of rotatable bonds is 2. The van der Waals surface area contributed by atoms with E-state index in [1.807, 2.05) is 0 Å². The fourth-order valence-electron chi connectivity index (χ4n) is 2.07. The van der Waals surface area contributed by atoms with Crippen molar-refractivity contribution in [3.05, 3.63) is 70.3 Å². The first-order valence-electron chi connectivity index (χ1n) is 5.77. The van der Waals surface area contributed by atoms with Crippen LogP contribution in [0.15, 0.2) is 36.4 Å². The van der Waals surface area contributed by atoms with Gasteiger partial charge in [0.1, 0.15) is 11.6 Å². The minimum atomic E-state index is -0.578. The third-order valence-corrected chi connectivity index (χ3v) is 3.12. The maximum Gasteiger partial charge on any atom is 0.131 e. The van der Waals surface area contributed by atoms with Crippen molar-refractivity contribution < 1.29 is 8.78 Å². The van der Waals surface area contributed by atoms with Gasteiger partial charge >= 0.3 is 0 Å². The van der Waals surface area contributed by atoms with E-state index in [1.165, 1.54) is 12.1 Å². The Labute approximate surface area is 105 Å². The van der Waals surface area contributed by atoms with Crippen LogP contribution in [0.4, 0.5) is 8.78 Å². The van der Waals surface area contributed by atoms with Crippen LogP contribution in [0, 0.1) is 25.5 Å². The molecule has 2 aromatic rings. The highest BCUT2D eigenvalue weighted by molar-refractivity contribution is 5.38. The van der Waals surface area contributed by atoms with Crippen LogP contribution in [0.3, 0.4) is 0 Å². The molecule has 0 fully saturated rings. The van der Waals surface area contributed by atoms with Gasteiger partial charge in [-0.25, -0.2) is 8.78 Å². The van der Waals surface area contributed by atoms with Crippen LogP contribution in [0.1, 0.15) is 28.3 Å². The molecule has 0 saturated carbocycles. The first-order valence-corrected chi connectivity index (χ1v) is 5.77. The second kappa shape index (κ2) is 4.86. The van der Waals surface area contributed by atoms with Gasteiger partial charge in [-0.2, -0.15) is 0 Å². The minimum Gasteiger partial charge on any atom is -0.320 e. The van der Waals surface area contributed by atoms with Crippen molar-refractivity contribution in [2.45, 2.75) is 19.9 Å². The quantitative estimate of drug-likeness (QED) is 0.861. The molecule has 1 nitrogen and oxygen atoms in total. The molecule has 2 N–H and O–H groups in total. The van der Waals surface area contributed by atoms with Gasteiger partial charge in [-0.3, -0.25) is 0 Å². The smallest absolute Gasteiger partial charge is 0.131 e. The molecule has 0 aromatic heterocycles. The molecule has 0 radical (unpaired) electrons. The average Bonchev–Trinajstić information content (AvgIpc) is 2.32. The van der Waals surface area contributed by atoms with Gasteiger partial charge < -0.3 is 5.73 Å². The van der Waals surface area contributed by atoms with E-state index in [4.69, 9.17) is 5.73 Å². The first kappa shape index (κ1) is 12.7. The van der Waals surface area contributed by atoms with Crippen LogP contribution in [0.2, 0.25) is 0 Å². The minimum absolute atomic E-state index is 0.297. The van der Waals surface area contributed by atoms with E-state index in [1.54, 1.807) is 38.1 Å². The summed E-state index contributed by atoms with van der Waals surface area (Å²) in [6.45, 7) is 3.47. The average molecular weight is 247 g/mol. The van der Waals surface area contributed by atoms with Gasteiger partial charge in [-0.1, -0.05) is 24.3 Å². The van der Waals surface area contributed by atoms with Crippen molar-refractivity contribution >= 4 is 0 Å². The molecular weight excluding hydrogens is 232 g/mol. The Bertz CT molecular complexity index is 579. The number of hydrogen-bond acceptors (Lipinski definition) is 1. The Morgan fingerprint density at radius 3 is 2.33 bits per heavy atom. The van der Waals surface area contributed by atoms with Crippen LogP contribution >= 0.6 is 0 Å². The Kier molecular flexibility index (Phi) is 3.43. The molecule has 0 bridgehead atoms. The van der Waals surface area contributed by atoms with Crippen molar-refractivity contribution in [3.63, 3.8) is 0 Å². The summed E-state index contributed by atoms with van der Waals surface area (Å²) in [4.78, 5) is 0. The summed E-state index contributed by atoms with van der Waals surface area (Å²) in [5.74, 6) is -0.609. The second-order valence-electron chi connectivity index (χ2n) is 4.46. The third-order valence-electron chi connectivity index (χ3n) is 3.12. The summed E-state index contributed by atoms with van der Waals surface area (Å²) in [6, 6.07) is 8.91. The van der Waals surface area contributed by atoms with Crippen LogP contribution < -0.4 is 5.73 Å². The lowest BCUT2D eigenvalue weighted by molar-refractivity contribution is 0.589. The predicted octanol–water partition coefficient (Wildman–Crippen LogP) is 3.63. The van der Waals surface area contributed by atoms with E-state index in [2.05, 4.69) is 0 Å². The highest BCUT2D eigenvalue weighted by atomic mass is 19.1. The molecule has 1 atom stereocenters. The Hall–Kier alpha value is -1.74. The van der Waals surface area contributed by atoms with Crippen molar-refractivity contribution in [3.8, 4) is 0 Å². The molecule has 2 rings (SSSR count). The Morgan fingerprint density at radius 1 is 0.944 bits per heavy atom. The Balaban J connectivity index is 2.48. The van der Waals surface area contributed by atoms with Crippen LogP contribution in [-0.2, 0) is 0 Å². The highest BCUT2D eigenvalue weighted by Crippen LogP contribution is 2.26. The number of hydrogen-bond donors (Lipinski definition) is 1. The maximum absolute atomic E-state index is 14.0. The van der Waals surface area contributed by atoms with E-state index in [0.717, 1.165) is 11.1 Å². The van der Waals surface area contributed by atoms with E-state index < -0.39 is 6.04 Å². The normalized spacial score (nSPS) is 12.5. The molecule has 0 amide bonds. The number of nitrogens with two attached hydrogens (primary N) is 1. The largest absolute Gasteiger partial charge is 0.320 e. The zero-order valence-corrected chi connectivity index (χ0v) is 10.4. The molecule has 0 aliphatic heterocycles. The van der Waals surface area contributed by atoms with Crippen LogP contribution in [-0.4, -0.2) is 0 Å². The summed E-state index contributed by atoms with van der Waals surface area (Å²) in [7, 11) is 0. The number of benzene rings is 2. The second-order valence-corrected chi connectivity index (χ2v) is 4.46. The van der Waals surface area contributed by atoms with Gasteiger partial charge in [0.25, 0.3) is 0 Å². The zero-order chi connectivity index (χ0) is 13.3. The van der Waals surface area contributed by atoms with Crippen LogP contribution in [0.5, 0.6) is 0 Å². The summed E-state index contributed by atoms with van der Waals surface area (Å²) in [5.41, 5.74) is 8.53. The lowest BCUT2D eigenvalue weighted by atomic mass is 9.94. The molecule has 94 valence electrons. The van der Waals surface area contributed by atoms with Crippen LogP contribution in [0.25, 0.3) is 0 Å². The first-order chi connectivity index (χ1) is 8.50. The monoisotopic (exact) mass is 247 g/mol. The molecule has 0 saturated heterocycles. The molecule has 2 aromatic carbocycles. The van der Waals surface area contributed by atoms with Gasteiger partial charge in [0.2, 0.25) is 0 Å². The highest BCUT2D eigenvalue weighted by Gasteiger charge is 2.16. The summed E-state index contributed by atoms with van der Waals surface area (Å²) in [6.07, 6.45) is 0. The molecule has 0 aliphatic rings. The fourth-order valence-corrected chi connectivity index (χ4v) is 2.07. The number of halogens is 2. The number of aryl methyl sites for hydroxylation is 2. The maximum atomic E-state index is 14.0. The van der Waals surface area contributed by atoms with Gasteiger partial charge in [-0.05, 0) is 42.7 Å². The molecular formula is C15H15F2N. The van der Waals surface area contributed by atoms with Gasteiger partial charge in [0, 0.05) is 5.56 Å². The lowest BCUT2D eigenvalue weighted by Crippen LogP contribution is -2.15. The van der Waals surface area contributed by atoms with Gasteiger partial charge in [-0.15, -0.1) is 0 Å². The summed E-state index contributed by atoms with van der Waals surface area (Å²) < 4.78 is 27.0. The molecule has 0 spiro atoms. The zero-order valence-electron chi connectivity index (χ0n) is 10.4. The van der Waals surface area contributed by atoms with E-state index >= 15 is 0 Å². The molecule has 3 heteroatoms. The Morgan fingerprint density at radius 2 is 1.67 bits per heavy atom. The molecule has 0 heterocycles. The van der Waals surface area contributed by atoms with Crippen molar-refractivity contribution in [1.82, 2.24) is 0 Å². The van der Waals surface area contributed by atoms with Gasteiger partial charge in [0.15, 0.2) is 0 Å². The fraction of sp³-hybridized carbons (Fsp3) is 0.200. The van der Waals surface area contributed by atoms with E-state index in [-0.39, 0.29) is 11.6 Å². The van der Waals surface area contributed by atoms with Gasteiger partial charge in [0.05, 0.1) is 6.04 Å². The summed E-state index contributed by atoms with van der Waals surface area (Å²) in [5, 5.41) is 0. The third kappa shape index (κ3) is 2.27. The van der Waals surface area contributed by atoms with E-state index in [0.29, 0.717) is 11.1 Å². The topological polar surface area (TPSA) is 26.0 Å². The standard InChI is InChI=1S/C15H15F2N/c1-9-4-3-5-13(14(9)17)15(18)12-7-6-11(16)8-10(12)2/h3-8,15H,18H2,1-2H3. The summed E-state index contributed by atoms with van der Waals surface area (Å²) >= 11 is 0. The molecule has 18 heavy (non-hydrogen) atoms. The molecule has 1 unspecified atom stereocenters. The van der Waals surface area contributed by atoms with Crippen molar-refractivity contribution in [2.75, 3.05) is 0 Å². The predicted molar refractivity (Wildman–Crippen MR) is 68.3 cm³/mol. The van der Waals surface area contributed by atoms with E-state index in [9.17, 15) is 8.78 Å². The molecule has 0 aliphatic carbocycles. The SMILES string of the molecule is Cc1cc(F)ccc1C(N)c1cccc(C)c1F. The van der Waals surface area contributed by atoms with Crippen molar-refractivity contribution in [2.24, 2.45) is 5.73 Å².